The number of carbonyl (C=O) groups excluding carboxylic acids is 2. The van der Waals surface area contributed by atoms with Gasteiger partial charge in [-0.1, -0.05) is 0 Å². The fraction of sp³-hybridized carbons (Fsp3) is 0.250. The van der Waals surface area contributed by atoms with E-state index in [1.807, 2.05) is 0 Å². The number of nitrogens with zero attached hydrogens (tertiary/aromatic N) is 2. The minimum atomic E-state index is -0.955. The summed E-state index contributed by atoms with van der Waals surface area (Å²) in [5.41, 5.74) is 1.40. The molecule has 0 unspecified atom stereocenters. The molecular formula is C12H12N2O5. The average Bonchev–Trinajstić information content (AvgIpc) is 2.71. The first-order valence-electron chi connectivity index (χ1n) is 5.41. The highest BCUT2D eigenvalue weighted by atomic mass is 16.5. The molecule has 0 atom stereocenters. The summed E-state index contributed by atoms with van der Waals surface area (Å²) in [4.78, 5) is 35.3. The number of hydrogen-bond acceptors (Lipinski definition) is 5. The quantitative estimate of drug-likeness (QED) is 0.545. The number of amides is 1. The first-order valence-corrected chi connectivity index (χ1v) is 5.41. The van der Waals surface area contributed by atoms with Gasteiger partial charge in [0.05, 0.1) is 12.6 Å². The Morgan fingerprint density at radius 1 is 1.37 bits per heavy atom. The molecule has 0 spiro atoms. The number of carbonyl (C=O) groups is 2. The van der Waals surface area contributed by atoms with Crippen molar-refractivity contribution in [3.05, 3.63) is 28.7 Å². The number of anilines is 1. The van der Waals surface area contributed by atoms with Gasteiger partial charge < -0.3 is 14.1 Å². The van der Waals surface area contributed by atoms with E-state index in [4.69, 9.17) is 4.42 Å². The molecule has 100 valence electrons. The summed E-state index contributed by atoms with van der Waals surface area (Å²) in [7, 11) is 4.13. The molecule has 0 aliphatic rings. The van der Waals surface area contributed by atoms with E-state index in [0.29, 0.717) is 16.8 Å². The van der Waals surface area contributed by atoms with Gasteiger partial charge >= 0.3 is 17.6 Å². The maximum atomic E-state index is 11.7. The van der Waals surface area contributed by atoms with Crippen LogP contribution in [0.15, 0.2) is 27.4 Å². The second-order valence-electron chi connectivity index (χ2n) is 3.93. The predicted octanol–water partition coefficient (Wildman–Crippen LogP) is 0.267. The summed E-state index contributed by atoms with van der Waals surface area (Å²) in [6, 6.07) is 4.72. The van der Waals surface area contributed by atoms with Crippen LogP contribution >= 0.6 is 0 Å². The second kappa shape index (κ2) is 4.60. The lowest BCUT2D eigenvalue weighted by atomic mass is 10.2. The first-order chi connectivity index (χ1) is 8.95. The molecule has 0 saturated carbocycles. The van der Waals surface area contributed by atoms with Crippen molar-refractivity contribution in [1.82, 2.24) is 4.57 Å². The number of esters is 1. The van der Waals surface area contributed by atoms with Crippen LogP contribution in [0.2, 0.25) is 0 Å². The van der Waals surface area contributed by atoms with Crippen LogP contribution in [0.4, 0.5) is 5.69 Å². The summed E-state index contributed by atoms with van der Waals surface area (Å²) in [6.45, 7) is 0. The topological polar surface area (TPSA) is 81.8 Å². The summed E-state index contributed by atoms with van der Waals surface area (Å²) >= 11 is 0. The molecule has 0 saturated heterocycles. The molecule has 1 heterocycles. The van der Waals surface area contributed by atoms with Crippen molar-refractivity contribution in [2.75, 3.05) is 19.1 Å². The molecule has 2 rings (SSSR count). The Morgan fingerprint density at radius 2 is 2.05 bits per heavy atom. The molecule has 7 nitrogen and oxygen atoms in total. The van der Waals surface area contributed by atoms with Gasteiger partial charge in [-0.15, -0.1) is 0 Å². The molecule has 1 aromatic carbocycles. The van der Waals surface area contributed by atoms with Gasteiger partial charge in [-0.25, -0.2) is 9.59 Å². The number of oxazole rings is 1. The molecule has 0 aliphatic heterocycles. The highest BCUT2D eigenvalue weighted by Gasteiger charge is 2.21. The minimum Gasteiger partial charge on any atom is -0.462 e. The molecular weight excluding hydrogens is 252 g/mol. The normalized spacial score (nSPS) is 10.5. The number of hydrogen-bond donors (Lipinski definition) is 0. The Bertz CT molecular complexity index is 712. The van der Waals surface area contributed by atoms with Crippen LogP contribution in [-0.4, -0.2) is 30.6 Å². The average molecular weight is 264 g/mol. The molecule has 0 N–H and O–H groups in total. The highest BCUT2D eigenvalue weighted by Crippen LogP contribution is 2.20. The number of benzene rings is 1. The number of aryl methyl sites for hydroxylation is 1. The van der Waals surface area contributed by atoms with Crippen molar-refractivity contribution >= 4 is 28.7 Å². The molecule has 1 aromatic heterocycles. The van der Waals surface area contributed by atoms with Crippen LogP contribution < -0.4 is 10.7 Å². The van der Waals surface area contributed by atoms with Crippen LogP contribution in [0.5, 0.6) is 0 Å². The van der Waals surface area contributed by atoms with E-state index in [-0.39, 0.29) is 0 Å². The molecule has 1 amide bonds. The Labute approximate surface area is 108 Å². The van der Waals surface area contributed by atoms with Crippen LogP contribution in [-0.2, 0) is 21.4 Å². The van der Waals surface area contributed by atoms with Gasteiger partial charge in [0.1, 0.15) is 0 Å². The van der Waals surface area contributed by atoms with Crippen molar-refractivity contribution in [2.24, 2.45) is 7.05 Å². The van der Waals surface area contributed by atoms with E-state index in [1.165, 1.54) is 11.6 Å². The van der Waals surface area contributed by atoms with Crippen molar-refractivity contribution in [1.29, 1.82) is 0 Å². The molecule has 2 aromatic rings. The lowest BCUT2D eigenvalue weighted by molar-refractivity contribution is -0.151. The predicted molar refractivity (Wildman–Crippen MR) is 66.9 cm³/mol. The van der Waals surface area contributed by atoms with Crippen LogP contribution in [0.1, 0.15) is 0 Å². The Balaban J connectivity index is 2.46. The zero-order valence-electron chi connectivity index (χ0n) is 10.7. The fourth-order valence-electron chi connectivity index (χ4n) is 1.67. The van der Waals surface area contributed by atoms with Crippen molar-refractivity contribution < 1.29 is 18.7 Å². The largest absolute Gasteiger partial charge is 0.462 e. The zero-order valence-corrected chi connectivity index (χ0v) is 10.7. The summed E-state index contributed by atoms with van der Waals surface area (Å²) in [6.07, 6.45) is 0. The number of ether oxygens (including phenoxy) is 1. The Hall–Kier alpha value is -2.57. The van der Waals surface area contributed by atoms with Gasteiger partial charge in [-0.2, -0.15) is 0 Å². The van der Waals surface area contributed by atoms with E-state index in [0.717, 1.165) is 12.0 Å². The van der Waals surface area contributed by atoms with E-state index >= 15 is 0 Å². The molecule has 7 heteroatoms. The summed E-state index contributed by atoms with van der Waals surface area (Å²) < 4.78 is 10.7. The molecule has 0 fully saturated rings. The SMILES string of the molecule is COC(=O)C(=O)N(C)c1ccc2oc(=O)n(C)c2c1. The van der Waals surface area contributed by atoms with Crippen LogP contribution in [0.3, 0.4) is 0 Å². The summed E-state index contributed by atoms with van der Waals surface area (Å²) in [5, 5.41) is 0. The number of likely N-dealkylation sites (N-methyl/N-ethyl adjacent to an activating group) is 1. The third kappa shape index (κ3) is 2.10. The zero-order chi connectivity index (χ0) is 14.2. The van der Waals surface area contributed by atoms with E-state index in [9.17, 15) is 14.4 Å². The number of fused-ring (bicyclic) bond motifs is 1. The third-order valence-electron chi connectivity index (χ3n) is 2.83. The molecule has 0 aliphatic carbocycles. The second-order valence-corrected chi connectivity index (χ2v) is 3.93. The van der Waals surface area contributed by atoms with Crippen molar-refractivity contribution in [3.63, 3.8) is 0 Å². The fourth-order valence-corrected chi connectivity index (χ4v) is 1.67. The number of methoxy groups -OCH3 is 1. The van der Waals surface area contributed by atoms with Gasteiger partial charge in [-0.05, 0) is 18.2 Å². The van der Waals surface area contributed by atoms with Gasteiger partial charge in [0.25, 0.3) is 0 Å². The Kier molecular flexibility index (Phi) is 3.12. The van der Waals surface area contributed by atoms with E-state index < -0.39 is 17.6 Å². The van der Waals surface area contributed by atoms with Crippen molar-refractivity contribution in [3.8, 4) is 0 Å². The standard InChI is InChI=1S/C12H12N2O5/c1-13(10(15)11(16)18-3)7-4-5-9-8(6-7)14(2)12(17)19-9/h4-6H,1-3H3. The monoisotopic (exact) mass is 264 g/mol. The van der Waals surface area contributed by atoms with Crippen LogP contribution in [0, 0.1) is 0 Å². The Morgan fingerprint density at radius 3 is 2.68 bits per heavy atom. The lowest BCUT2D eigenvalue weighted by Gasteiger charge is -2.15. The maximum absolute atomic E-state index is 11.7. The number of aromatic nitrogens is 1. The first kappa shape index (κ1) is 12.9. The van der Waals surface area contributed by atoms with E-state index in [1.54, 1.807) is 25.2 Å². The number of rotatable bonds is 1. The smallest absolute Gasteiger partial charge is 0.419 e. The van der Waals surface area contributed by atoms with Gasteiger partial charge in [-0.3, -0.25) is 9.36 Å². The van der Waals surface area contributed by atoms with Gasteiger partial charge in [0.2, 0.25) is 0 Å². The minimum absolute atomic E-state index is 0.412. The molecule has 0 bridgehead atoms. The third-order valence-corrected chi connectivity index (χ3v) is 2.83. The highest BCUT2D eigenvalue weighted by molar-refractivity contribution is 6.38. The van der Waals surface area contributed by atoms with Gasteiger partial charge in [0, 0.05) is 19.8 Å². The molecule has 0 radical (unpaired) electrons. The van der Waals surface area contributed by atoms with Crippen LogP contribution in [0.25, 0.3) is 11.1 Å². The maximum Gasteiger partial charge on any atom is 0.419 e. The van der Waals surface area contributed by atoms with Gasteiger partial charge in [0.15, 0.2) is 5.58 Å². The van der Waals surface area contributed by atoms with Crippen molar-refractivity contribution in [2.45, 2.75) is 0 Å². The summed E-state index contributed by atoms with van der Waals surface area (Å²) in [5.74, 6) is -2.24. The van der Waals surface area contributed by atoms with E-state index in [2.05, 4.69) is 4.74 Å². The lowest BCUT2D eigenvalue weighted by Crippen LogP contribution is -2.33. The molecule has 19 heavy (non-hydrogen) atoms.